The van der Waals surface area contributed by atoms with Crippen molar-refractivity contribution < 1.29 is 4.21 Å². The molecule has 5 nitrogen and oxygen atoms in total. The van der Waals surface area contributed by atoms with Crippen LogP contribution in [0.1, 0.15) is 43.0 Å². The van der Waals surface area contributed by atoms with Gasteiger partial charge in [-0.3, -0.25) is 4.21 Å². The molecule has 1 saturated carbocycles. The first-order valence-corrected chi connectivity index (χ1v) is 8.84. The molecule has 0 spiro atoms. The van der Waals surface area contributed by atoms with Crippen LogP contribution in [-0.4, -0.2) is 38.8 Å². The fourth-order valence-corrected chi connectivity index (χ4v) is 3.87. The minimum absolute atomic E-state index is 0.387. The van der Waals surface area contributed by atoms with Crippen molar-refractivity contribution >= 4 is 22.4 Å². The summed E-state index contributed by atoms with van der Waals surface area (Å²) < 4.78 is 11.4. The van der Waals surface area contributed by atoms with E-state index in [-0.39, 0.29) is 0 Å². The summed E-state index contributed by atoms with van der Waals surface area (Å²) in [7, 11) is 1.29. The molecule has 110 valence electrons. The maximum Gasteiger partial charge on any atom is 0.136 e. The molecule has 3 rings (SSSR count). The average molecular weight is 294 g/mol. The topological polar surface area (TPSA) is 66.9 Å². The Balaban J connectivity index is 1.80. The lowest BCUT2D eigenvalue weighted by Gasteiger charge is -2.24. The van der Waals surface area contributed by atoms with Crippen LogP contribution in [0.2, 0.25) is 0 Å². The van der Waals surface area contributed by atoms with Crippen molar-refractivity contribution in [2.45, 2.75) is 44.6 Å². The van der Waals surface area contributed by atoms with Gasteiger partial charge in [-0.1, -0.05) is 0 Å². The van der Waals surface area contributed by atoms with Gasteiger partial charge >= 0.3 is 0 Å². The monoisotopic (exact) mass is 294 g/mol. The van der Waals surface area contributed by atoms with Crippen LogP contribution in [0, 0.1) is 6.92 Å². The van der Waals surface area contributed by atoms with E-state index in [9.17, 15) is 4.21 Å². The Hall–Kier alpha value is -1.17. The molecule has 1 aromatic heterocycles. The zero-order valence-corrected chi connectivity index (χ0v) is 12.9. The zero-order valence-electron chi connectivity index (χ0n) is 12.1. The van der Waals surface area contributed by atoms with Crippen molar-refractivity contribution in [1.82, 2.24) is 9.97 Å². The Morgan fingerprint density at radius 1 is 1.10 bits per heavy atom. The molecule has 1 aliphatic heterocycles. The molecule has 2 fully saturated rings. The molecular weight excluding hydrogens is 272 g/mol. The molecule has 20 heavy (non-hydrogen) atoms. The zero-order chi connectivity index (χ0) is 14.1. The molecule has 1 saturated heterocycles. The van der Waals surface area contributed by atoms with E-state index in [1.807, 2.05) is 14.0 Å². The van der Waals surface area contributed by atoms with Gasteiger partial charge in [0.05, 0.1) is 0 Å². The van der Waals surface area contributed by atoms with E-state index in [4.69, 9.17) is 4.98 Å². The summed E-state index contributed by atoms with van der Waals surface area (Å²) in [5.41, 5.74) is 1.07. The van der Waals surface area contributed by atoms with E-state index >= 15 is 0 Å². The van der Waals surface area contributed by atoms with E-state index in [0.29, 0.717) is 12.0 Å². The normalized spacial score (nSPS) is 26.3. The lowest BCUT2D eigenvalue weighted by Crippen LogP contribution is -2.30. The summed E-state index contributed by atoms with van der Waals surface area (Å²) in [6.45, 7) is 2.05. The molecule has 2 heterocycles. The number of hydrogen-bond donors (Lipinski definition) is 2. The lowest BCUT2D eigenvalue weighted by atomic mass is 10.1. The minimum atomic E-state index is -0.617. The molecular formula is C14H22N4OS. The second-order valence-corrected chi connectivity index (χ2v) is 7.39. The third kappa shape index (κ3) is 2.95. The highest BCUT2D eigenvalue weighted by molar-refractivity contribution is 7.85. The first-order chi connectivity index (χ1) is 9.67. The van der Waals surface area contributed by atoms with Gasteiger partial charge in [-0.15, -0.1) is 0 Å². The van der Waals surface area contributed by atoms with Gasteiger partial charge in [0.15, 0.2) is 0 Å². The Kier molecular flexibility index (Phi) is 3.92. The van der Waals surface area contributed by atoms with Crippen molar-refractivity contribution in [3.63, 3.8) is 0 Å². The highest BCUT2D eigenvalue weighted by Gasteiger charge is 2.28. The summed E-state index contributed by atoms with van der Waals surface area (Å²) in [6, 6.07) is 0.387. The Bertz CT molecular complexity index is 520. The first kappa shape index (κ1) is 13.8. The molecule has 6 heteroatoms. The van der Waals surface area contributed by atoms with Crippen molar-refractivity contribution in [3.05, 3.63) is 11.4 Å². The Morgan fingerprint density at radius 2 is 1.75 bits per heavy atom. The maximum atomic E-state index is 11.4. The number of hydrogen-bond acceptors (Lipinski definition) is 5. The summed E-state index contributed by atoms with van der Waals surface area (Å²) in [5, 5.41) is 6.71. The van der Waals surface area contributed by atoms with Gasteiger partial charge < -0.3 is 10.6 Å². The number of anilines is 2. The van der Waals surface area contributed by atoms with Crippen LogP contribution >= 0.6 is 0 Å². The van der Waals surface area contributed by atoms with Gasteiger partial charge in [-0.2, -0.15) is 0 Å². The standard InChI is InChI=1S/C14H22N4OS/c1-9-12(15-2)17-14(10-3-4-10)18-13(9)16-11-5-7-20(19)8-6-11/h10-11H,3-8H2,1-2H3,(H2,15,16,17,18). The van der Waals surface area contributed by atoms with Gasteiger partial charge in [-0.05, 0) is 32.6 Å². The summed E-state index contributed by atoms with van der Waals surface area (Å²) in [6.07, 6.45) is 4.33. The van der Waals surface area contributed by atoms with E-state index in [2.05, 4.69) is 15.6 Å². The van der Waals surface area contributed by atoms with Crippen LogP contribution in [0.25, 0.3) is 0 Å². The van der Waals surface area contributed by atoms with E-state index in [0.717, 1.165) is 47.4 Å². The average Bonchev–Trinajstić information content (AvgIpc) is 3.28. The van der Waals surface area contributed by atoms with E-state index < -0.39 is 10.8 Å². The molecule has 0 unspecified atom stereocenters. The summed E-state index contributed by atoms with van der Waals surface area (Å²) in [4.78, 5) is 9.33. The lowest BCUT2D eigenvalue weighted by molar-refractivity contribution is 0.621. The smallest absolute Gasteiger partial charge is 0.136 e. The van der Waals surface area contributed by atoms with Crippen molar-refractivity contribution in [2.75, 3.05) is 29.2 Å². The second kappa shape index (κ2) is 5.68. The molecule has 0 radical (unpaired) electrons. The predicted octanol–water partition coefficient (Wildman–Crippen LogP) is 2.03. The number of aromatic nitrogens is 2. The summed E-state index contributed by atoms with van der Waals surface area (Å²) >= 11 is 0. The third-order valence-corrected chi connectivity index (χ3v) is 5.45. The van der Waals surface area contributed by atoms with Gasteiger partial charge in [0.2, 0.25) is 0 Å². The molecule has 2 aliphatic rings. The minimum Gasteiger partial charge on any atom is -0.373 e. The maximum absolute atomic E-state index is 11.4. The molecule has 1 aliphatic carbocycles. The second-order valence-electron chi connectivity index (χ2n) is 5.69. The molecule has 0 amide bonds. The molecule has 1 aromatic rings. The van der Waals surface area contributed by atoms with Crippen LogP contribution in [0.3, 0.4) is 0 Å². The van der Waals surface area contributed by atoms with Crippen molar-refractivity contribution in [1.29, 1.82) is 0 Å². The highest BCUT2D eigenvalue weighted by Crippen LogP contribution is 2.39. The van der Waals surface area contributed by atoms with Gasteiger partial charge in [-0.25, -0.2) is 9.97 Å². The Labute approximate surface area is 122 Å². The Morgan fingerprint density at radius 3 is 2.35 bits per heavy atom. The fourth-order valence-electron chi connectivity index (χ4n) is 2.57. The molecule has 2 N–H and O–H groups in total. The molecule has 0 aromatic carbocycles. The van der Waals surface area contributed by atoms with Crippen LogP contribution in [0.5, 0.6) is 0 Å². The fraction of sp³-hybridized carbons (Fsp3) is 0.714. The first-order valence-electron chi connectivity index (χ1n) is 7.35. The number of rotatable bonds is 4. The summed E-state index contributed by atoms with van der Waals surface area (Å²) in [5.74, 6) is 4.98. The number of nitrogens with zero attached hydrogens (tertiary/aromatic N) is 2. The van der Waals surface area contributed by atoms with Crippen LogP contribution in [0.15, 0.2) is 0 Å². The van der Waals surface area contributed by atoms with Gasteiger partial charge in [0.25, 0.3) is 0 Å². The van der Waals surface area contributed by atoms with Crippen molar-refractivity contribution in [3.8, 4) is 0 Å². The molecule has 0 bridgehead atoms. The van der Waals surface area contributed by atoms with Crippen LogP contribution in [0.4, 0.5) is 11.6 Å². The van der Waals surface area contributed by atoms with Crippen LogP contribution in [-0.2, 0) is 10.8 Å². The van der Waals surface area contributed by atoms with E-state index in [1.54, 1.807) is 0 Å². The van der Waals surface area contributed by atoms with E-state index in [1.165, 1.54) is 12.8 Å². The predicted molar refractivity (Wildman–Crippen MR) is 82.8 cm³/mol. The highest BCUT2D eigenvalue weighted by atomic mass is 32.2. The quantitative estimate of drug-likeness (QED) is 0.889. The SMILES string of the molecule is CNc1nc(C2CC2)nc(NC2CCS(=O)CC2)c1C. The molecule has 0 atom stereocenters. The van der Waals surface area contributed by atoms with Crippen LogP contribution < -0.4 is 10.6 Å². The van der Waals surface area contributed by atoms with Gasteiger partial charge in [0, 0.05) is 46.9 Å². The largest absolute Gasteiger partial charge is 0.373 e. The van der Waals surface area contributed by atoms with Gasteiger partial charge in [0.1, 0.15) is 17.5 Å². The van der Waals surface area contributed by atoms with Crippen molar-refractivity contribution in [2.24, 2.45) is 0 Å². The number of nitrogens with one attached hydrogen (secondary N) is 2. The third-order valence-electron chi connectivity index (χ3n) is 4.07.